The van der Waals surface area contributed by atoms with Gasteiger partial charge in [-0.1, -0.05) is 36.4 Å². The van der Waals surface area contributed by atoms with E-state index >= 15 is 0 Å². The Morgan fingerprint density at radius 1 is 0.944 bits per heavy atom. The first-order chi connectivity index (χ1) is 17.6. The molecule has 1 N–H and O–H groups in total. The van der Waals surface area contributed by atoms with Gasteiger partial charge in [0.1, 0.15) is 0 Å². The first-order valence-corrected chi connectivity index (χ1v) is 12.1. The fourth-order valence-electron chi connectivity index (χ4n) is 4.61. The summed E-state index contributed by atoms with van der Waals surface area (Å²) >= 11 is 0. The monoisotopic (exact) mass is 490 g/mol. The van der Waals surface area contributed by atoms with Crippen molar-refractivity contribution in [3.05, 3.63) is 83.7 Å². The fourth-order valence-corrected chi connectivity index (χ4v) is 4.61. The van der Waals surface area contributed by atoms with Gasteiger partial charge in [-0.3, -0.25) is 19.6 Å². The Bertz CT molecular complexity index is 1090. The number of aromatic nitrogens is 1. The molecule has 190 valence electrons. The number of carbonyl (C=O) groups is 1. The van der Waals surface area contributed by atoms with Gasteiger partial charge in [-0.2, -0.15) is 0 Å². The highest BCUT2D eigenvalue weighted by Gasteiger charge is 2.26. The summed E-state index contributed by atoms with van der Waals surface area (Å²) in [6.45, 7) is 5.15. The molecule has 2 heterocycles. The summed E-state index contributed by atoms with van der Waals surface area (Å²) in [7, 11) is 4.61. The number of nitrogens with one attached hydrogen (secondary N) is 1. The Morgan fingerprint density at radius 2 is 1.64 bits per heavy atom. The zero-order valence-corrected chi connectivity index (χ0v) is 21.1. The Hall–Kier alpha value is -3.62. The second kappa shape index (κ2) is 12.4. The molecule has 1 saturated heterocycles. The van der Waals surface area contributed by atoms with E-state index in [-0.39, 0.29) is 11.9 Å². The summed E-state index contributed by atoms with van der Waals surface area (Å²) in [6.07, 6.45) is 3.65. The van der Waals surface area contributed by atoms with Crippen LogP contribution in [0.2, 0.25) is 0 Å². The normalized spacial score (nSPS) is 15.2. The topological polar surface area (TPSA) is 76.2 Å². The van der Waals surface area contributed by atoms with Crippen molar-refractivity contribution < 1.29 is 19.0 Å². The van der Waals surface area contributed by atoms with Crippen molar-refractivity contribution in [1.82, 2.24) is 20.1 Å². The van der Waals surface area contributed by atoms with E-state index < -0.39 is 0 Å². The van der Waals surface area contributed by atoms with Crippen molar-refractivity contribution >= 4 is 5.91 Å². The highest BCUT2D eigenvalue weighted by atomic mass is 16.5. The molecular weight excluding hydrogens is 456 g/mol. The molecule has 8 nitrogen and oxygen atoms in total. The minimum Gasteiger partial charge on any atom is -0.493 e. The third-order valence-corrected chi connectivity index (χ3v) is 6.55. The third kappa shape index (κ3) is 6.13. The van der Waals surface area contributed by atoms with Gasteiger partial charge >= 0.3 is 0 Å². The maximum absolute atomic E-state index is 13.1. The van der Waals surface area contributed by atoms with E-state index in [0.29, 0.717) is 29.4 Å². The molecule has 1 atom stereocenters. The maximum Gasteiger partial charge on any atom is 0.251 e. The van der Waals surface area contributed by atoms with Gasteiger partial charge in [0.2, 0.25) is 5.75 Å². The smallest absolute Gasteiger partial charge is 0.251 e. The number of ether oxygens (including phenoxy) is 3. The lowest BCUT2D eigenvalue weighted by atomic mass is 10.1. The highest BCUT2D eigenvalue weighted by molar-refractivity contribution is 5.95. The molecule has 8 heteroatoms. The summed E-state index contributed by atoms with van der Waals surface area (Å²) in [5, 5.41) is 3.11. The van der Waals surface area contributed by atoms with Crippen molar-refractivity contribution in [3.63, 3.8) is 0 Å². The molecular formula is C28H34N4O4. The number of hydrogen-bond donors (Lipinski definition) is 1. The third-order valence-electron chi connectivity index (χ3n) is 6.55. The maximum atomic E-state index is 13.1. The molecule has 1 fully saturated rings. The van der Waals surface area contributed by atoms with Crippen LogP contribution in [0, 0.1) is 0 Å². The molecule has 0 bridgehead atoms. The quantitative estimate of drug-likeness (QED) is 0.467. The second-order valence-corrected chi connectivity index (χ2v) is 8.72. The number of piperazine rings is 1. The zero-order chi connectivity index (χ0) is 25.3. The number of rotatable bonds is 10. The van der Waals surface area contributed by atoms with E-state index in [0.717, 1.165) is 38.3 Å². The first-order valence-electron chi connectivity index (χ1n) is 12.1. The number of methoxy groups -OCH3 is 3. The first kappa shape index (κ1) is 25.5. The van der Waals surface area contributed by atoms with Crippen molar-refractivity contribution in [1.29, 1.82) is 0 Å². The Morgan fingerprint density at radius 3 is 2.22 bits per heavy atom. The molecule has 0 spiro atoms. The molecule has 1 aliphatic heterocycles. The molecule has 0 unspecified atom stereocenters. The van der Waals surface area contributed by atoms with E-state index in [9.17, 15) is 4.79 Å². The number of carbonyl (C=O) groups excluding carboxylic acids is 1. The molecule has 2 aromatic carbocycles. The van der Waals surface area contributed by atoms with Crippen molar-refractivity contribution in [3.8, 4) is 17.2 Å². The Kier molecular flexibility index (Phi) is 8.76. The van der Waals surface area contributed by atoms with Crippen molar-refractivity contribution in [2.45, 2.75) is 12.6 Å². The molecule has 0 saturated carbocycles. The van der Waals surface area contributed by atoms with Gasteiger partial charge in [0, 0.05) is 57.2 Å². The SMILES string of the molecule is COc1cc(C(=O)NC[C@@H](c2cccnc2)N2CCN(Cc3ccccc3)CC2)cc(OC)c1OC. The van der Waals surface area contributed by atoms with Gasteiger partial charge < -0.3 is 19.5 Å². The molecule has 1 aromatic heterocycles. The van der Waals surface area contributed by atoms with Crippen LogP contribution < -0.4 is 19.5 Å². The molecule has 0 radical (unpaired) electrons. The number of nitrogens with zero attached hydrogens (tertiary/aromatic N) is 3. The number of amides is 1. The van der Waals surface area contributed by atoms with Gasteiger partial charge in [-0.05, 0) is 29.3 Å². The van der Waals surface area contributed by atoms with Crippen LogP contribution in [0.1, 0.15) is 27.5 Å². The Balaban J connectivity index is 1.44. The standard InChI is InChI=1S/C28H34N4O4/c1-34-25-16-23(17-26(35-2)27(25)36-3)28(33)30-19-24(22-10-7-11-29-18-22)32-14-12-31(13-15-32)20-21-8-5-4-6-9-21/h4-11,16-18,24H,12-15,19-20H2,1-3H3,(H,30,33)/t24-/m0/s1. The molecule has 36 heavy (non-hydrogen) atoms. The average molecular weight is 491 g/mol. The minimum atomic E-state index is -0.203. The predicted octanol–water partition coefficient (Wildman–Crippen LogP) is 3.40. The van der Waals surface area contributed by atoms with Crippen molar-refractivity contribution in [2.24, 2.45) is 0 Å². The summed E-state index contributed by atoms with van der Waals surface area (Å²) in [5.41, 5.74) is 2.86. The van der Waals surface area contributed by atoms with Crippen LogP contribution in [0.15, 0.2) is 67.0 Å². The van der Waals surface area contributed by atoms with Gasteiger partial charge in [0.15, 0.2) is 11.5 Å². The summed E-state index contributed by atoms with van der Waals surface area (Å²) in [4.78, 5) is 22.4. The molecule has 3 aromatic rings. The van der Waals surface area contributed by atoms with Crippen LogP contribution in [0.25, 0.3) is 0 Å². The summed E-state index contributed by atoms with van der Waals surface area (Å²) < 4.78 is 16.2. The second-order valence-electron chi connectivity index (χ2n) is 8.72. The Labute approximate surface area is 212 Å². The van der Waals surface area contributed by atoms with Crippen LogP contribution >= 0.6 is 0 Å². The lowest BCUT2D eigenvalue weighted by Crippen LogP contribution is -2.49. The summed E-state index contributed by atoms with van der Waals surface area (Å²) in [6, 6.07) is 17.9. The fraction of sp³-hybridized carbons (Fsp3) is 0.357. The van der Waals surface area contributed by atoms with Gasteiger partial charge in [-0.25, -0.2) is 0 Å². The van der Waals surface area contributed by atoms with E-state index in [1.54, 1.807) is 18.3 Å². The lowest BCUT2D eigenvalue weighted by Gasteiger charge is -2.39. The van der Waals surface area contributed by atoms with Crippen LogP contribution in [0.5, 0.6) is 17.2 Å². The average Bonchev–Trinajstić information content (AvgIpc) is 2.94. The number of pyridine rings is 1. The molecule has 1 amide bonds. The molecule has 0 aliphatic carbocycles. The van der Waals surface area contributed by atoms with Crippen LogP contribution in [-0.2, 0) is 6.54 Å². The van der Waals surface area contributed by atoms with Crippen LogP contribution in [0.4, 0.5) is 0 Å². The van der Waals surface area contributed by atoms with E-state index in [4.69, 9.17) is 14.2 Å². The van der Waals surface area contributed by atoms with Gasteiger partial charge in [0.05, 0.1) is 27.4 Å². The lowest BCUT2D eigenvalue weighted by molar-refractivity contribution is 0.0821. The minimum absolute atomic E-state index is 0.0172. The zero-order valence-electron chi connectivity index (χ0n) is 21.1. The van der Waals surface area contributed by atoms with E-state index in [2.05, 4.69) is 50.4 Å². The number of hydrogen-bond acceptors (Lipinski definition) is 7. The van der Waals surface area contributed by atoms with Gasteiger partial charge in [0.25, 0.3) is 5.91 Å². The predicted molar refractivity (Wildman–Crippen MR) is 139 cm³/mol. The van der Waals surface area contributed by atoms with Crippen molar-refractivity contribution in [2.75, 3.05) is 54.1 Å². The van der Waals surface area contributed by atoms with E-state index in [1.165, 1.54) is 26.9 Å². The summed E-state index contributed by atoms with van der Waals surface area (Å²) in [5.74, 6) is 1.14. The van der Waals surface area contributed by atoms with Gasteiger partial charge in [-0.15, -0.1) is 0 Å². The highest BCUT2D eigenvalue weighted by Crippen LogP contribution is 2.38. The molecule has 1 aliphatic rings. The molecule has 4 rings (SSSR count). The van der Waals surface area contributed by atoms with E-state index in [1.807, 2.05) is 18.3 Å². The largest absolute Gasteiger partial charge is 0.493 e. The van der Waals surface area contributed by atoms with Crippen LogP contribution in [0.3, 0.4) is 0 Å². The van der Waals surface area contributed by atoms with Crippen LogP contribution in [-0.4, -0.2) is 74.7 Å². The number of benzene rings is 2.